The number of carbonyl (C=O) groups is 1. The normalized spacial score (nSPS) is 15.7. The lowest BCUT2D eigenvalue weighted by atomic mass is 10.0. The lowest BCUT2D eigenvalue weighted by Crippen LogP contribution is -2.35. The first-order valence-electron chi connectivity index (χ1n) is 8.05. The van der Waals surface area contributed by atoms with Crippen LogP contribution < -0.4 is 15.4 Å². The highest BCUT2D eigenvalue weighted by Crippen LogP contribution is 2.37. The van der Waals surface area contributed by atoms with Crippen LogP contribution in [-0.4, -0.2) is 22.6 Å². The number of pyridine rings is 1. The Labute approximate surface area is 159 Å². The summed E-state index contributed by atoms with van der Waals surface area (Å²) >= 11 is 7.63. The minimum Gasteiger partial charge on any atom is -0.492 e. The molecule has 0 radical (unpaired) electrons. The number of thiazole rings is 1. The van der Waals surface area contributed by atoms with Gasteiger partial charge in [0.15, 0.2) is 0 Å². The number of urea groups is 1. The first kappa shape index (κ1) is 16.8. The average Bonchev–Trinajstić information content (AvgIpc) is 3.12. The van der Waals surface area contributed by atoms with Crippen molar-refractivity contribution in [3.05, 3.63) is 58.7 Å². The van der Waals surface area contributed by atoms with Crippen LogP contribution in [0.4, 0.5) is 10.6 Å². The Hall–Kier alpha value is -2.64. The summed E-state index contributed by atoms with van der Waals surface area (Å²) in [7, 11) is 0. The van der Waals surface area contributed by atoms with Gasteiger partial charge >= 0.3 is 6.03 Å². The van der Waals surface area contributed by atoms with Gasteiger partial charge in [-0.15, -0.1) is 11.3 Å². The number of carbonyl (C=O) groups excluding carboxylic acids is 1. The molecule has 8 heteroatoms. The van der Waals surface area contributed by atoms with Gasteiger partial charge in [0.25, 0.3) is 0 Å². The molecule has 1 aliphatic rings. The van der Waals surface area contributed by atoms with Crippen molar-refractivity contribution in [2.24, 2.45) is 0 Å². The van der Waals surface area contributed by atoms with Crippen LogP contribution in [0.5, 0.6) is 5.75 Å². The minimum atomic E-state index is -0.311. The predicted molar refractivity (Wildman–Crippen MR) is 102 cm³/mol. The number of benzene rings is 1. The van der Waals surface area contributed by atoms with Crippen molar-refractivity contribution in [1.29, 1.82) is 0 Å². The second kappa shape index (κ2) is 7.31. The molecule has 0 aliphatic carbocycles. The molecule has 6 nitrogen and oxygen atoms in total. The highest BCUT2D eigenvalue weighted by Gasteiger charge is 2.24. The molecule has 132 valence electrons. The maximum absolute atomic E-state index is 12.4. The van der Waals surface area contributed by atoms with Crippen LogP contribution in [-0.2, 0) is 0 Å². The molecule has 0 bridgehead atoms. The van der Waals surface area contributed by atoms with Gasteiger partial charge in [-0.2, -0.15) is 0 Å². The van der Waals surface area contributed by atoms with Gasteiger partial charge in [-0.25, -0.2) is 9.78 Å². The van der Waals surface area contributed by atoms with Crippen molar-refractivity contribution in [2.45, 2.75) is 12.5 Å². The molecule has 0 unspecified atom stereocenters. The quantitative estimate of drug-likeness (QED) is 0.694. The van der Waals surface area contributed by atoms with Crippen molar-refractivity contribution in [2.75, 3.05) is 11.9 Å². The number of hydrogen-bond acceptors (Lipinski definition) is 5. The third kappa shape index (κ3) is 3.49. The van der Waals surface area contributed by atoms with Gasteiger partial charge in [-0.3, -0.25) is 10.3 Å². The van der Waals surface area contributed by atoms with E-state index in [1.54, 1.807) is 18.5 Å². The van der Waals surface area contributed by atoms with Crippen LogP contribution in [0.25, 0.3) is 10.6 Å². The molecule has 26 heavy (non-hydrogen) atoms. The fourth-order valence-electron chi connectivity index (χ4n) is 2.81. The van der Waals surface area contributed by atoms with Gasteiger partial charge in [-0.05, 0) is 18.2 Å². The molecule has 0 spiro atoms. The summed E-state index contributed by atoms with van der Waals surface area (Å²) in [6, 6.07) is 8.83. The summed E-state index contributed by atoms with van der Waals surface area (Å²) in [5, 5.41) is 8.94. The summed E-state index contributed by atoms with van der Waals surface area (Å²) in [5.74, 6) is 1.15. The summed E-state index contributed by atoms with van der Waals surface area (Å²) in [4.78, 5) is 20.8. The van der Waals surface area contributed by atoms with Crippen molar-refractivity contribution >= 4 is 34.8 Å². The molecule has 1 aliphatic heterocycles. The number of anilines is 1. The fraction of sp³-hybridized carbons (Fsp3) is 0.167. The Morgan fingerprint density at radius 3 is 2.96 bits per heavy atom. The molecule has 2 amide bonds. The van der Waals surface area contributed by atoms with E-state index in [-0.39, 0.29) is 12.1 Å². The molecule has 1 atom stereocenters. The van der Waals surface area contributed by atoms with E-state index in [1.807, 2.05) is 29.6 Å². The lowest BCUT2D eigenvalue weighted by Gasteiger charge is -2.27. The van der Waals surface area contributed by atoms with Gasteiger partial charge in [0.05, 0.1) is 17.7 Å². The third-order valence-corrected chi connectivity index (χ3v) is 5.19. The molecule has 0 fully saturated rings. The monoisotopic (exact) mass is 386 g/mol. The number of halogens is 1. The van der Waals surface area contributed by atoms with E-state index in [0.29, 0.717) is 29.6 Å². The Bertz CT molecular complexity index is 932. The standard InChI is InChI=1S/C18H15ClN4O2S/c19-13-3-1-2-12-14(6-9-25-16(12)13)21-18(24)23-15-10-26-17(22-15)11-4-7-20-8-5-11/h1-5,7-8,10,14H,6,9H2,(H2,21,23,24)/t14-/m0/s1. The van der Waals surface area contributed by atoms with Gasteiger partial charge < -0.3 is 10.1 Å². The zero-order chi connectivity index (χ0) is 17.9. The summed E-state index contributed by atoms with van der Waals surface area (Å²) < 4.78 is 5.62. The van der Waals surface area contributed by atoms with E-state index in [0.717, 1.165) is 16.1 Å². The smallest absolute Gasteiger partial charge is 0.320 e. The first-order valence-corrected chi connectivity index (χ1v) is 9.31. The van der Waals surface area contributed by atoms with Gasteiger partial charge in [0.1, 0.15) is 16.6 Å². The number of nitrogens with zero attached hydrogens (tertiary/aromatic N) is 2. The maximum Gasteiger partial charge on any atom is 0.320 e. The minimum absolute atomic E-state index is 0.157. The largest absolute Gasteiger partial charge is 0.492 e. The molecule has 0 saturated heterocycles. The molecule has 3 aromatic rings. The molecule has 3 heterocycles. The van der Waals surface area contributed by atoms with Crippen LogP contribution in [0, 0.1) is 0 Å². The number of ether oxygens (including phenoxy) is 1. The van der Waals surface area contributed by atoms with Crippen molar-refractivity contribution < 1.29 is 9.53 Å². The molecular formula is C18H15ClN4O2S. The summed E-state index contributed by atoms with van der Waals surface area (Å²) in [6.07, 6.45) is 4.11. The van der Waals surface area contributed by atoms with E-state index >= 15 is 0 Å². The molecule has 0 saturated carbocycles. The second-order valence-electron chi connectivity index (χ2n) is 5.72. The Morgan fingerprint density at radius 1 is 1.27 bits per heavy atom. The average molecular weight is 387 g/mol. The highest BCUT2D eigenvalue weighted by molar-refractivity contribution is 7.13. The zero-order valence-electron chi connectivity index (χ0n) is 13.6. The zero-order valence-corrected chi connectivity index (χ0v) is 15.2. The number of hydrogen-bond donors (Lipinski definition) is 2. The predicted octanol–water partition coefficient (Wildman–Crippen LogP) is 4.50. The van der Waals surface area contributed by atoms with E-state index < -0.39 is 0 Å². The van der Waals surface area contributed by atoms with E-state index in [9.17, 15) is 4.79 Å². The topological polar surface area (TPSA) is 76.1 Å². The summed E-state index contributed by atoms with van der Waals surface area (Å²) in [6.45, 7) is 0.505. The van der Waals surface area contributed by atoms with Crippen LogP contribution in [0.15, 0.2) is 48.1 Å². The highest BCUT2D eigenvalue weighted by atomic mass is 35.5. The number of fused-ring (bicyclic) bond motifs is 1. The third-order valence-electron chi connectivity index (χ3n) is 4.00. The SMILES string of the molecule is O=C(Nc1csc(-c2ccncc2)n1)N[C@H]1CCOc2c(Cl)cccc21. The van der Waals surface area contributed by atoms with Crippen molar-refractivity contribution in [3.63, 3.8) is 0 Å². The fourth-order valence-corrected chi connectivity index (χ4v) is 3.80. The van der Waals surface area contributed by atoms with Crippen molar-refractivity contribution in [1.82, 2.24) is 15.3 Å². The second-order valence-corrected chi connectivity index (χ2v) is 6.99. The lowest BCUT2D eigenvalue weighted by molar-refractivity contribution is 0.232. The number of nitrogens with one attached hydrogen (secondary N) is 2. The number of para-hydroxylation sites is 1. The number of rotatable bonds is 3. The Kier molecular flexibility index (Phi) is 4.73. The number of aromatic nitrogens is 2. The van der Waals surface area contributed by atoms with Crippen LogP contribution >= 0.6 is 22.9 Å². The molecule has 4 rings (SSSR count). The molecule has 1 aromatic carbocycles. The maximum atomic E-state index is 12.4. The van der Waals surface area contributed by atoms with E-state index in [4.69, 9.17) is 16.3 Å². The van der Waals surface area contributed by atoms with E-state index in [1.165, 1.54) is 11.3 Å². The van der Waals surface area contributed by atoms with Gasteiger partial charge in [0.2, 0.25) is 0 Å². The molecule has 2 N–H and O–H groups in total. The Balaban J connectivity index is 1.44. The van der Waals surface area contributed by atoms with Gasteiger partial charge in [-0.1, -0.05) is 23.7 Å². The van der Waals surface area contributed by atoms with Crippen LogP contribution in [0.2, 0.25) is 5.02 Å². The van der Waals surface area contributed by atoms with Gasteiger partial charge in [0, 0.05) is 35.3 Å². The molecule has 2 aromatic heterocycles. The van der Waals surface area contributed by atoms with Crippen molar-refractivity contribution in [3.8, 4) is 16.3 Å². The first-order chi connectivity index (χ1) is 12.7. The number of amides is 2. The summed E-state index contributed by atoms with van der Waals surface area (Å²) in [5.41, 5.74) is 1.85. The van der Waals surface area contributed by atoms with Crippen LogP contribution in [0.1, 0.15) is 18.0 Å². The van der Waals surface area contributed by atoms with E-state index in [2.05, 4.69) is 20.6 Å². The van der Waals surface area contributed by atoms with Crippen LogP contribution in [0.3, 0.4) is 0 Å². The molecular weight excluding hydrogens is 372 g/mol. The Morgan fingerprint density at radius 2 is 2.12 bits per heavy atom.